The van der Waals surface area contributed by atoms with E-state index in [1.807, 2.05) is 6.92 Å². The third-order valence-corrected chi connectivity index (χ3v) is 3.04. The van der Waals surface area contributed by atoms with Crippen molar-refractivity contribution in [1.82, 2.24) is 0 Å². The Hall–Kier alpha value is -1.88. The molecular weight excluding hydrogens is 303 g/mol. The smallest absolute Gasteiger partial charge is 0.417 e. The minimum absolute atomic E-state index is 0.0860. The molecule has 0 fully saturated rings. The molecule has 0 saturated heterocycles. The monoisotopic (exact) mass is 315 g/mol. The van der Waals surface area contributed by atoms with Gasteiger partial charge in [0.25, 0.3) is 0 Å². The van der Waals surface area contributed by atoms with Crippen molar-refractivity contribution in [3.63, 3.8) is 0 Å². The van der Waals surface area contributed by atoms with E-state index < -0.39 is 11.7 Å². The zero-order chi connectivity index (χ0) is 15.5. The van der Waals surface area contributed by atoms with E-state index in [1.54, 1.807) is 24.3 Å². The fourth-order valence-corrected chi connectivity index (χ4v) is 1.99. The molecule has 0 unspecified atom stereocenters. The lowest BCUT2D eigenvalue weighted by molar-refractivity contribution is -0.137. The van der Waals surface area contributed by atoms with Gasteiger partial charge in [-0.3, -0.25) is 0 Å². The lowest BCUT2D eigenvalue weighted by Crippen LogP contribution is -2.05. The molecule has 2 aromatic rings. The number of hydrogen-bond donors (Lipinski definition) is 1. The first-order valence-corrected chi connectivity index (χ1v) is 6.66. The molecule has 112 valence electrons. The molecule has 2 nitrogen and oxygen atoms in total. The second kappa shape index (κ2) is 6.26. The fourth-order valence-electron chi connectivity index (χ4n) is 1.77. The number of halogens is 4. The molecule has 0 aliphatic carbocycles. The minimum atomic E-state index is -4.51. The van der Waals surface area contributed by atoms with Gasteiger partial charge in [-0.2, -0.15) is 13.2 Å². The number of rotatable bonds is 4. The van der Waals surface area contributed by atoms with Gasteiger partial charge in [0.1, 0.15) is 11.5 Å². The van der Waals surface area contributed by atoms with E-state index in [4.69, 9.17) is 16.3 Å². The van der Waals surface area contributed by atoms with Crippen LogP contribution in [0.25, 0.3) is 0 Å². The molecule has 0 spiro atoms. The largest absolute Gasteiger partial charge is 0.457 e. The Morgan fingerprint density at radius 2 is 1.67 bits per heavy atom. The maximum atomic E-state index is 12.8. The van der Waals surface area contributed by atoms with Gasteiger partial charge >= 0.3 is 6.18 Å². The number of hydrogen-bond acceptors (Lipinski definition) is 2. The molecule has 21 heavy (non-hydrogen) atoms. The molecule has 2 aromatic carbocycles. The third kappa shape index (κ3) is 4.04. The maximum Gasteiger partial charge on any atom is 0.417 e. The van der Waals surface area contributed by atoms with Gasteiger partial charge in [0.15, 0.2) is 0 Å². The summed E-state index contributed by atoms with van der Waals surface area (Å²) in [6.45, 7) is 2.75. The Bertz CT molecular complexity index is 611. The van der Waals surface area contributed by atoms with Crippen molar-refractivity contribution in [2.75, 3.05) is 11.9 Å². The van der Waals surface area contributed by atoms with Crippen molar-refractivity contribution in [2.24, 2.45) is 0 Å². The molecule has 0 bridgehead atoms. The molecule has 0 aliphatic rings. The number of ether oxygens (including phenoxy) is 1. The van der Waals surface area contributed by atoms with Crippen LogP contribution in [-0.2, 0) is 6.18 Å². The average Bonchev–Trinajstić information content (AvgIpc) is 2.42. The first kappa shape index (κ1) is 15.5. The summed E-state index contributed by atoms with van der Waals surface area (Å²) in [6.07, 6.45) is -4.51. The number of alkyl halides is 3. The van der Waals surface area contributed by atoms with Gasteiger partial charge in [-0.05, 0) is 49.4 Å². The third-order valence-electron chi connectivity index (χ3n) is 2.71. The van der Waals surface area contributed by atoms with Crippen LogP contribution in [0.3, 0.4) is 0 Å². The number of anilines is 1. The van der Waals surface area contributed by atoms with Gasteiger partial charge in [-0.25, -0.2) is 0 Å². The predicted octanol–water partition coefficient (Wildman–Crippen LogP) is 5.58. The van der Waals surface area contributed by atoms with Crippen molar-refractivity contribution in [2.45, 2.75) is 13.1 Å². The van der Waals surface area contributed by atoms with Crippen LogP contribution < -0.4 is 10.1 Å². The Labute approximate surface area is 125 Å². The van der Waals surface area contributed by atoms with Crippen LogP contribution in [0.2, 0.25) is 5.02 Å². The van der Waals surface area contributed by atoms with Crippen molar-refractivity contribution in [3.05, 3.63) is 53.1 Å². The van der Waals surface area contributed by atoms with E-state index >= 15 is 0 Å². The van der Waals surface area contributed by atoms with E-state index in [0.717, 1.165) is 18.3 Å². The van der Waals surface area contributed by atoms with Crippen molar-refractivity contribution >= 4 is 17.3 Å². The summed E-state index contributed by atoms with van der Waals surface area (Å²) in [6, 6.07) is 10.4. The normalized spacial score (nSPS) is 11.3. The molecular formula is C15H13ClF3NO. The molecule has 0 atom stereocenters. The predicted molar refractivity (Wildman–Crippen MR) is 77.1 cm³/mol. The highest BCUT2D eigenvalue weighted by molar-refractivity contribution is 6.31. The summed E-state index contributed by atoms with van der Waals surface area (Å²) in [5.74, 6) is 0.537. The van der Waals surface area contributed by atoms with Crippen LogP contribution in [0.1, 0.15) is 12.5 Å². The van der Waals surface area contributed by atoms with Gasteiger partial charge in [0.05, 0.1) is 10.6 Å². The fraction of sp³-hybridized carbons (Fsp3) is 0.200. The SMILES string of the molecule is CCNc1ccc(Oc2ccc(Cl)c(C(F)(F)F)c2)cc1. The lowest BCUT2D eigenvalue weighted by atomic mass is 10.2. The summed E-state index contributed by atoms with van der Waals surface area (Å²) < 4.78 is 43.7. The summed E-state index contributed by atoms with van der Waals surface area (Å²) in [7, 11) is 0. The molecule has 0 aromatic heterocycles. The van der Waals surface area contributed by atoms with Gasteiger partial charge < -0.3 is 10.1 Å². The van der Waals surface area contributed by atoms with E-state index in [1.165, 1.54) is 12.1 Å². The molecule has 0 radical (unpaired) electrons. The van der Waals surface area contributed by atoms with Crippen molar-refractivity contribution in [3.8, 4) is 11.5 Å². The van der Waals surface area contributed by atoms with E-state index in [0.29, 0.717) is 5.75 Å². The quantitative estimate of drug-likeness (QED) is 0.795. The molecule has 6 heteroatoms. The van der Waals surface area contributed by atoms with Crippen LogP contribution in [0.15, 0.2) is 42.5 Å². The topological polar surface area (TPSA) is 21.3 Å². The Morgan fingerprint density at radius 1 is 1.05 bits per heavy atom. The van der Waals surface area contributed by atoms with Crippen LogP contribution in [0.5, 0.6) is 11.5 Å². The lowest BCUT2D eigenvalue weighted by Gasteiger charge is -2.12. The molecule has 0 saturated carbocycles. The van der Waals surface area contributed by atoms with Crippen molar-refractivity contribution in [1.29, 1.82) is 0 Å². The summed E-state index contributed by atoms with van der Waals surface area (Å²) >= 11 is 5.56. The highest BCUT2D eigenvalue weighted by atomic mass is 35.5. The molecule has 1 N–H and O–H groups in total. The zero-order valence-electron chi connectivity index (χ0n) is 11.2. The summed E-state index contributed by atoms with van der Waals surface area (Å²) in [5, 5.41) is 2.76. The first-order chi connectivity index (χ1) is 9.90. The van der Waals surface area contributed by atoms with Gasteiger partial charge in [0.2, 0.25) is 0 Å². The molecule has 0 aliphatic heterocycles. The van der Waals surface area contributed by atoms with Crippen LogP contribution in [-0.4, -0.2) is 6.54 Å². The zero-order valence-corrected chi connectivity index (χ0v) is 11.9. The Balaban J connectivity index is 2.20. The van der Waals surface area contributed by atoms with Crippen LogP contribution >= 0.6 is 11.6 Å². The van der Waals surface area contributed by atoms with E-state index in [2.05, 4.69) is 5.32 Å². The summed E-state index contributed by atoms with van der Waals surface area (Å²) in [4.78, 5) is 0. The van der Waals surface area contributed by atoms with Gasteiger partial charge in [-0.15, -0.1) is 0 Å². The Morgan fingerprint density at radius 3 is 2.24 bits per heavy atom. The maximum absolute atomic E-state index is 12.8. The van der Waals surface area contributed by atoms with Crippen LogP contribution in [0.4, 0.5) is 18.9 Å². The number of benzene rings is 2. The van der Waals surface area contributed by atoms with E-state index in [-0.39, 0.29) is 10.8 Å². The second-order valence-electron chi connectivity index (χ2n) is 4.30. The average molecular weight is 316 g/mol. The van der Waals surface area contributed by atoms with Gasteiger partial charge in [0, 0.05) is 12.2 Å². The number of nitrogens with one attached hydrogen (secondary N) is 1. The molecule has 0 amide bonds. The minimum Gasteiger partial charge on any atom is -0.457 e. The van der Waals surface area contributed by atoms with Crippen molar-refractivity contribution < 1.29 is 17.9 Å². The highest BCUT2D eigenvalue weighted by Gasteiger charge is 2.33. The highest BCUT2D eigenvalue weighted by Crippen LogP contribution is 2.37. The molecule has 2 rings (SSSR count). The van der Waals surface area contributed by atoms with Gasteiger partial charge in [-0.1, -0.05) is 11.6 Å². The Kier molecular flexibility index (Phi) is 4.63. The molecule has 0 heterocycles. The second-order valence-corrected chi connectivity index (χ2v) is 4.70. The first-order valence-electron chi connectivity index (χ1n) is 6.28. The van der Waals surface area contributed by atoms with E-state index in [9.17, 15) is 13.2 Å². The van der Waals surface area contributed by atoms with Crippen LogP contribution in [0, 0.1) is 0 Å². The summed E-state index contributed by atoms with van der Waals surface area (Å²) in [5.41, 5.74) is 0.00266. The standard InChI is InChI=1S/C15H13ClF3NO/c1-2-20-10-3-5-11(6-4-10)21-12-7-8-14(16)13(9-12)15(17,18)19/h3-9,20H,2H2,1H3.